The summed E-state index contributed by atoms with van der Waals surface area (Å²) in [6.07, 6.45) is 2.85. The van der Waals surface area contributed by atoms with Gasteiger partial charge in [-0.2, -0.15) is 0 Å². The maximum absolute atomic E-state index is 2.49. The third-order valence-corrected chi connectivity index (χ3v) is 10.9. The fourth-order valence-electron chi connectivity index (χ4n) is 2.53. The molecule has 0 spiro atoms. The minimum atomic E-state index is -1.11. The first-order valence-electron chi connectivity index (χ1n) is 6.10. The molecule has 0 aliphatic carbocycles. The van der Waals surface area contributed by atoms with Crippen LogP contribution in [0.2, 0.25) is 9.95 Å². The van der Waals surface area contributed by atoms with E-state index >= 15 is 0 Å². The second kappa shape index (κ2) is 5.78. The van der Waals surface area contributed by atoms with Gasteiger partial charge in [0.15, 0.2) is 0 Å². The van der Waals surface area contributed by atoms with E-state index in [1.54, 1.807) is 14.1 Å². The Morgan fingerprint density at radius 3 is 2.20 bits per heavy atom. The zero-order valence-electron chi connectivity index (χ0n) is 9.65. The summed E-state index contributed by atoms with van der Waals surface area (Å²) in [4.78, 5) is 5.58. The molecule has 0 bridgehead atoms. The minimum absolute atomic E-state index is 1.11. The molecule has 0 atom stereocenters. The molecular formula is C13H20GaN. The van der Waals surface area contributed by atoms with Crippen LogP contribution in [0.3, 0.4) is 0 Å². The molecule has 15 heavy (non-hydrogen) atoms. The molecule has 1 aliphatic rings. The summed E-state index contributed by atoms with van der Waals surface area (Å²) in [7, 11) is 2.26. The Morgan fingerprint density at radius 1 is 1.00 bits per heavy atom. The van der Waals surface area contributed by atoms with Gasteiger partial charge < -0.3 is 0 Å². The number of hydrogen-bond donors (Lipinski definition) is 0. The van der Waals surface area contributed by atoms with Gasteiger partial charge in [-0.15, -0.1) is 0 Å². The van der Waals surface area contributed by atoms with Gasteiger partial charge in [0.25, 0.3) is 0 Å². The molecule has 0 N–H and O–H groups in total. The molecule has 0 unspecified atom stereocenters. The van der Waals surface area contributed by atoms with Crippen LogP contribution in [0.4, 0.5) is 0 Å². The predicted molar refractivity (Wildman–Crippen MR) is 68.2 cm³/mol. The normalized spacial score (nSPS) is 19.7. The van der Waals surface area contributed by atoms with Crippen molar-refractivity contribution < 1.29 is 0 Å². The average molecular weight is 260 g/mol. The zero-order valence-corrected chi connectivity index (χ0v) is 12.1. The van der Waals surface area contributed by atoms with Crippen LogP contribution >= 0.6 is 0 Å². The van der Waals surface area contributed by atoms with Crippen LogP contribution in [0.25, 0.3) is 0 Å². The van der Waals surface area contributed by atoms with Crippen molar-refractivity contribution >= 4 is 20.3 Å². The predicted octanol–water partition coefficient (Wildman–Crippen LogP) is 2.11. The van der Waals surface area contributed by atoms with Crippen molar-refractivity contribution in [3.05, 3.63) is 30.3 Å². The average Bonchev–Trinajstić information content (AvgIpc) is 2.24. The number of benzene rings is 1. The Kier molecular flexibility index (Phi) is 4.36. The summed E-state index contributed by atoms with van der Waals surface area (Å²) in [5, 5.41) is 0. The second-order valence-electron chi connectivity index (χ2n) is 4.70. The molecule has 2 rings (SSSR count). The molecule has 2 heteroatoms. The summed E-state index contributed by atoms with van der Waals surface area (Å²) in [5.74, 6) is 0. The van der Waals surface area contributed by atoms with Crippen LogP contribution in [-0.2, 0) is 0 Å². The van der Waals surface area contributed by atoms with E-state index in [1.165, 1.54) is 25.9 Å². The number of rotatable bonds is 1. The van der Waals surface area contributed by atoms with E-state index in [0.29, 0.717) is 0 Å². The van der Waals surface area contributed by atoms with Gasteiger partial charge in [0.2, 0.25) is 0 Å². The quantitative estimate of drug-likeness (QED) is 0.699. The van der Waals surface area contributed by atoms with Crippen molar-refractivity contribution in [2.45, 2.75) is 22.8 Å². The molecule has 0 saturated carbocycles. The summed E-state index contributed by atoms with van der Waals surface area (Å²) in [6.45, 7) is 2.63. The van der Waals surface area contributed by atoms with Gasteiger partial charge in [0.05, 0.1) is 0 Å². The molecule has 1 nitrogen and oxygen atoms in total. The van der Waals surface area contributed by atoms with Crippen molar-refractivity contribution in [3.8, 4) is 0 Å². The van der Waals surface area contributed by atoms with Gasteiger partial charge in [0, 0.05) is 0 Å². The van der Waals surface area contributed by atoms with Crippen LogP contribution in [0.15, 0.2) is 30.3 Å². The van der Waals surface area contributed by atoms with Crippen LogP contribution in [0, 0.1) is 0 Å². The standard InChI is InChI=1S/C7H15N.C6H5.Ga/c1-4-6-8(3)7-5-2;1-2-4-6-5-3-1;/h1-2,4-7H2,3H3;1-5H;. The summed E-state index contributed by atoms with van der Waals surface area (Å²) in [6, 6.07) is 11.3. The fraction of sp³-hybridized carbons (Fsp3) is 0.538. The number of hydrogen-bond acceptors (Lipinski definition) is 1. The Hall–Kier alpha value is -0.184. The third-order valence-electron chi connectivity index (χ3n) is 3.46. The molecular weight excluding hydrogens is 240 g/mol. The molecule has 1 fully saturated rings. The summed E-state index contributed by atoms with van der Waals surface area (Å²) >= 11 is -1.11. The van der Waals surface area contributed by atoms with Gasteiger partial charge in [-0.25, -0.2) is 0 Å². The van der Waals surface area contributed by atoms with E-state index < -0.39 is 16.2 Å². The van der Waals surface area contributed by atoms with Crippen LogP contribution in [0.5, 0.6) is 0 Å². The fourth-order valence-corrected chi connectivity index (χ4v) is 8.98. The van der Waals surface area contributed by atoms with Crippen molar-refractivity contribution in [1.29, 1.82) is 0 Å². The van der Waals surface area contributed by atoms with E-state index in [-0.39, 0.29) is 0 Å². The van der Waals surface area contributed by atoms with Gasteiger partial charge in [0.1, 0.15) is 0 Å². The first kappa shape index (κ1) is 11.3. The molecule has 0 radical (unpaired) electrons. The topological polar surface area (TPSA) is 3.24 Å². The van der Waals surface area contributed by atoms with Gasteiger partial charge in [-0.1, -0.05) is 0 Å². The zero-order chi connectivity index (χ0) is 10.5. The Labute approximate surface area is 98.5 Å². The Bertz CT molecular complexity index is 276. The molecule has 1 saturated heterocycles. The molecule has 0 amide bonds. The Morgan fingerprint density at radius 2 is 1.60 bits per heavy atom. The summed E-state index contributed by atoms with van der Waals surface area (Å²) < 4.78 is 1.73. The maximum atomic E-state index is 2.49. The van der Waals surface area contributed by atoms with E-state index in [2.05, 4.69) is 42.3 Å². The van der Waals surface area contributed by atoms with E-state index in [4.69, 9.17) is 0 Å². The SMILES string of the molecule is CN1CC[CH2][Ga]([c]2ccccc2)[CH2]CC1. The Balaban J connectivity index is 1.98. The second-order valence-corrected chi connectivity index (χ2v) is 11.4. The van der Waals surface area contributed by atoms with Crippen LogP contribution in [-0.4, -0.2) is 41.3 Å². The van der Waals surface area contributed by atoms with Crippen molar-refractivity contribution in [2.24, 2.45) is 0 Å². The molecule has 1 aliphatic heterocycles. The monoisotopic (exact) mass is 259 g/mol. The van der Waals surface area contributed by atoms with E-state index in [9.17, 15) is 0 Å². The molecule has 1 aromatic carbocycles. The van der Waals surface area contributed by atoms with Crippen LogP contribution in [0.1, 0.15) is 12.8 Å². The number of nitrogens with zero attached hydrogens (tertiary/aromatic N) is 1. The van der Waals surface area contributed by atoms with Gasteiger partial charge >= 0.3 is 98.5 Å². The first-order valence-corrected chi connectivity index (χ1v) is 10.7. The van der Waals surface area contributed by atoms with Gasteiger partial charge in [-0.3, -0.25) is 0 Å². The molecule has 1 aromatic rings. The van der Waals surface area contributed by atoms with Crippen LogP contribution < -0.4 is 4.12 Å². The van der Waals surface area contributed by atoms with Crippen molar-refractivity contribution in [3.63, 3.8) is 0 Å². The van der Waals surface area contributed by atoms with E-state index in [1.807, 2.05) is 0 Å². The first-order chi connectivity index (χ1) is 7.36. The molecule has 80 valence electrons. The van der Waals surface area contributed by atoms with Crippen molar-refractivity contribution in [2.75, 3.05) is 20.1 Å². The molecule has 0 aromatic heterocycles. The van der Waals surface area contributed by atoms with Gasteiger partial charge in [-0.05, 0) is 0 Å². The third kappa shape index (κ3) is 3.40. The van der Waals surface area contributed by atoms with E-state index in [0.717, 1.165) is 0 Å². The summed E-state index contributed by atoms with van der Waals surface area (Å²) in [5.41, 5.74) is 0. The molecule has 1 heterocycles. The van der Waals surface area contributed by atoms with Crippen molar-refractivity contribution in [1.82, 2.24) is 4.90 Å².